The van der Waals surface area contributed by atoms with Crippen LogP contribution in [0.1, 0.15) is 13.3 Å². The van der Waals surface area contributed by atoms with Gasteiger partial charge in [-0.1, -0.05) is 18.8 Å². The lowest BCUT2D eigenvalue weighted by atomic mass is 10.1. The van der Waals surface area contributed by atoms with Crippen molar-refractivity contribution >= 4 is 0 Å². The van der Waals surface area contributed by atoms with E-state index in [1.807, 2.05) is 13.0 Å². The van der Waals surface area contributed by atoms with Crippen molar-refractivity contribution in [2.24, 2.45) is 5.92 Å². The van der Waals surface area contributed by atoms with Gasteiger partial charge in [0.2, 0.25) is 0 Å². The summed E-state index contributed by atoms with van der Waals surface area (Å²) in [5, 5.41) is 18.0. The van der Waals surface area contributed by atoms with Gasteiger partial charge < -0.3 is 5.11 Å². The van der Waals surface area contributed by atoms with Crippen LogP contribution in [0.4, 0.5) is 0 Å². The number of allylic oxidation sites excluding steroid dienone is 3. The molecule has 1 N–H and O–H groups in total. The zero-order chi connectivity index (χ0) is 8.97. The Labute approximate surface area is 71.8 Å². The van der Waals surface area contributed by atoms with Crippen LogP contribution in [-0.2, 0) is 0 Å². The fraction of sp³-hybridized carbons (Fsp3) is 0.300. The first-order valence-electron chi connectivity index (χ1n) is 3.78. The first-order chi connectivity index (χ1) is 5.77. The molecular formula is C10H9NO. The molecule has 0 radical (unpaired) electrons. The van der Waals surface area contributed by atoms with Gasteiger partial charge in [-0.15, -0.1) is 0 Å². The summed E-state index contributed by atoms with van der Waals surface area (Å²) in [7, 11) is 0. The molecule has 0 aliphatic heterocycles. The van der Waals surface area contributed by atoms with Crippen LogP contribution in [0, 0.1) is 29.1 Å². The van der Waals surface area contributed by atoms with E-state index in [0.29, 0.717) is 0 Å². The summed E-state index contributed by atoms with van der Waals surface area (Å²) in [5.41, 5.74) is 0.792. The molecule has 1 rings (SSSR count). The van der Waals surface area contributed by atoms with E-state index in [1.54, 1.807) is 6.08 Å². The topological polar surface area (TPSA) is 44.0 Å². The minimum absolute atomic E-state index is 0.168. The van der Waals surface area contributed by atoms with Crippen molar-refractivity contribution < 1.29 is 5.11 Å². The maximum Gasteiger partial charge on any atom is 0.129 e. The summed E-state index contributed by atoms with van der Waals surface area (Å²) in [5.74, 6) is 5.12. The molecule has 60 valence electrons. The monoisotopic (exact) mass is 159 g/mol. The van der Waals surface area contributed by atoms with Gasteiger partial charge in [-0.25, -0.2) is 0 Å². The van der Waals surface area contributed by atoms with E-state index in [4.69, 9.17) is 5.26 Å². The highest BCUT2D eigenvalue weighted by Gasteiger charge is 2.07. The van der Waals surface area contributed by atoms with Crippen LogP contribution in [0.25, 0.3) is 0 Å². The molecule has 1 atom stereocenters. The van der Waals surface area contributed by atoms with Gasteiger partial charge in [0.15, 0.2) is 0 Å². The van der Waals surface area contributed by atoms with Gasteiger partial charge in [0.05, 0.1) is 6.07 Å². The van der Waals surface area contributed by atoms with E-state index in [9.17, 15) is 5.11 Å². The molecule has 0 aromatic rings. The summed E-state index contributed by atoms with van der Waals surface area (Å²) in [4.78, 5) is 0. The molecule has 1 aliphatic carbocycles. The van der Waals surface area contributed by atoms with E-state index in [-0.39, 0.29) is 5.76 Å². The second-order valence-electron chi connectivity index (χ2n) is 2.47. The zero-order valence-corrected chi connectivity index (χ0v) is 6.83. The van der Waals surface area contributed by atoms with Crippen molar-refractivity contribution in [1.29, 1.82) is 5.26 Å². The van der Waals surface area contributed by atoms with E-state index in [1.165, 1.54) is 6.08 Å². The van der Waals surface area contributed by atoms with Gasteiger partial charge in [0.1, 0.15) is 11.7 Å². The van der Waals surface area contributed by atoms with Crippen molar-refractivity contribution in [3.8, 4) is 17.9 Å². The lowest BCUT2D eigenvalue weighted by molar-refractivity contribution is 0.417. The number of nitrogens with zero attached hydrogens (tertiary/aromatic N) is 1. The maximum atomic E-state index is 9.41. The van der Waals surface area contributed by atoms with Gasteiger partial charge in [-0.3, -0.25) is 0 Å². The number of nitriles is 1. The minimum atomic E-state index is -0.481. The Hall–Kier alpha value is -1.67. The van der Waals surface area contributed by atoms with Crippen LogP contribution in [0.2, 0.25) is 0 Å². The smallest absolute Gasteiger partial charge is 0.129 e. The molecule has 0 saturated carbocycles. The summed E-state index contributed by atoms with van der Waals surface area (Å²) < 4.78 is 0. The summed E-state index contributed by atoms with van der Waals surface area (Å²) in [6.07, 6.45) is 3.87. The highest BCUT2D eigenvalue weighted by Crippen LogP contribution is 2.15. The van der Waals surface area contributed by atoms with Crippen LogP contribution >= 0.6 is 0 Å². The molecule has 0 saturated heterocycles. The SMILES string of the molecule is CCC1=CC#CC(C#N)C=C1O. The molecule has 2 nitrogen and oxygen atoms in total. The fourth-order valence-corrected chi connectivity index (χ4v) is 0.952. The molecule has 0 aromatic heterocycles. The highest BCUT2D eigenvalue weighted by molar-refractivity contribution is 5.39. The van der Waals surface area contributed by atoms with Crippen molar-refractivity contribution in [3.63, 3.8) is 0 Å². The third kappa shape index (κ3) is 1.68. The van der Waals surface area contributed by atoms with E-state index in [0.717, 1.165) is 12.0 Å². The summed E-state index contributed by atoms with van der Waals surface area (Å²) in [6, 6.07) is 1.98. The normalized spacial score (nSPS) is 20.8. The van der Waals surface area contributed by atoms with Crippen molar-refractivity contribution in [3.05, 3.63) is 23.5 Å². The van der Waals surface area contributed by atoms with Gasteiger partial charge in [-0.2, -0.15) is 5.26 Å². The molecule has 0 spiro atoms. The van der Waals surface area contributed by atoms with E-state index < -0.39 is 5.92 Å². The standard InChI is InChI=1S/C10H9NO/c1-2-9-5-3-4-8(7-11)6-10(9)12/h5-6,8,12H,2H2,1H3. The molecule has 0 bridgehead atoms. The Morgan fingerprint density at radius 1 is 1.75 bits per heavy atom. The first-order valence-corrected chi connectivity index (χ1v) is 3.78. The van der Waals surface area contributed by atoms with Crippen LogP contribution < -0.4 is 0 Å². The van der Waals surface area contributed by atoms with Crippen LogP contribution in [-0.4, -0.2) is 5.11 Å². The highest BCUT2D eigenvalue weighted by atomic mass is 16.3. The van der Waals surface area contributed by atoms with Crippen LogP contribution in [0.15, 0.2) is 23.5 Å². The third-order valence-electron chi connectivity index (χ3n) is 1.66. The predicted octanol–water partition coefficient (Wildman–Crippen LogP) is 1.92. The Balaban J connectivity index is 2.97. The first kappa shape index (κ1) is 8.43. The lowest BCUT2D eigenvalue weighted by Gasteiger charge is -2.00. The van der Waals surface area contributed by atoms with Crippen molar-refractivity contribution in [1.82, 2.24) is 0 Å². The van der Waals surface area contributed by atoms with Gasteiger partial charge in [0, 0.05) is 5.57 Å². The predicted molar refractivity (Wildman–Crippen MR) is 46.0 cm³/mol. The zero-order valence-electron chi connectivity index (χ0n) is 6.83. The number of hydrogen-bond acceptors (Lipinski definition) is 2. The molecule has 0 amide bonds. The lowest BCUT2D eigenvalue weighted by Crippen LogP contribution is -1.91. The molecular weight excluding hydrogens is 150 g/mol. The molecule has 12 heavy (non-hydrogen) atoms. The Kier molecular flexibility index (Phi) is 2.56. The molecule has 0 aromatic carbocycles. The number of aliphatic hydroxyl groups excluding tert-OH is 1. The molecule has 1 aliphatic rings. The van der Waals surface area contributed by atoms with Gasteiger partial charge in [0.25, 0.3) is 0 Å². The largest absolute Gasteiger partial charge is 0.508 e. The second kappa shape index (κ2) is 3.64. The number of hydrogen-bond donors (Lipinski definition) is 1. The molecule has 2 heteroatoms. The summed E-state index contributed by atoms with van der Waals surface area (Å²) >= 11 is 0. The minimum Gasteiger partial charge on any atom is -0.508 e. The quantitative estimate of drug-likeness (QED) is 0.594. The molecule has 0 heterocycles. The van der Waals surface area contributed by atoms with Gasteiger partial charge in [-0.05, 0) is 18.6 Å². The Morgan fingerprint density at radius 3 is 3.08 bits per heavy atom. The third-order valence-corrected chi connectivity index (χ3v) is 1.66. The molecule has 1 unspecified atom stereocenters. The molecule has 0 fully saturated rings. The average molecular weight is 159 g/mol. The van der Waals surface area contributed by atoms with Crippen LogP contribution in [0.5, 0.6) is 0 Å². The second-order valence-corrected chi connectivity index (χ2v) is 2.47. The number of aliphatic hydroxyl groups is 1. The fourth-order valence-electron chi connectivity index (χ4n) is 0.952. The van der Waals surface area contributed by atoms with E-state index >= 15 is 0 Å². The Bertz CT molecular complexity index is 333. The van der Waals surface area contributed by atoms with Crippen molar-refractivity contribution in [2.75, 3.05) is 0 Å². The average Bonchev–Trinajstić information content (AvgIpc) is 2.26. The maximum absolute atomic E-state index is 9.41. The Morgan fingerprint density at radius 2 is 2.50 bits per heavy atom. The number of rotatable bonds is 1. The van der Waals surface area contributed by atoms with E-state index in [2.05, 4.69) is 11.8 Å². The summed E-state index contributed by atoms with van der Waals surface area (Å²) in [6.45, 7) is 1.93. The van der Waals surface area contributed by atoms with Crippen molar-refractivity contribution in [2.45, 2.75) is 13.3 Å². The van der Waals surface area contributed by atoms with Crippen LogP contribution in [0.3, 0.4) is 0 Å². The van der Waals surface area contributed by atoms with Gasteiger partial charge >= 0.3 is 0 Å².